The zero-order valence-corrected chi connectivity index (χ0v) is 21.7. The van der Waals surface area contributed by atoms with E-state index in [1.54, 1.807) is 26.0 Å². The van der Waals surface area contributed by atoms with E-state index in [4.69, 9.17) is 4.43 Å². The Kier molecular flexibility index (Phi) is 7.92. The monoisotopic (exact) mass is 460 g/mol. The molecular weight excluding hydrogens is 424 g/mol. The molecule has 0 N–H and O–H groups in total. The molecule has 0 radical (unpaired) electrons. The van der Waals surface area contributed by atoms with E-state index in [1.165, 1.54) is 11.8 Å². The summed E-state index contributed by atoms with van der Waals surface area (Å²) in [6, 6.07) is 0. The summed E-state index contributed by atoms with van der Waals surface area (Å²) in [5.74, 6) is -1.20. The van der Waals surface area contributed by atoms with Gasteiger partial charge in [0, 0.05) is 27.7 Å². The summed E-state index contributed by atoms with van der Waals surface area (Å²) < 4.78 is 32.5. The van der Waals surface area contributed by atoms with Crippen LogP contribution in [0.25, 0.3) is 0 Å². The number of rotatable bonds is 8. The minimum atomic E-state index is -3.99. The number of nitrogens with zero attached hydrogens (tertiary/aromatic N) is 4. The van der Waals surface area contributed by atoms with Gasteiger partial charge in [-0.1, -0.05) is 27.7 Å². The van der Waals surface area contributed by atoms with E-state index in [0.29, 0.717) is 16.9 Å². The van der Waals surface area contributed by atoms with Crippen LogP contribution in [0.5, 0.6) is 5.75 Å². The number of carbonyl (C=O) groups excluding carboxylic acids is 1. The van der Waals surface area contributed by atoms with E-state index in [2.05, 4.69) is 4.98 Å². The molecule has 1 amide bonds. The second-order valence-electron chi connectivity index (χ2n) is 9.04. The molecule has 0 aromatic carbocycles. The molecule has 1 aromatic heterocycles. The van der Waals surface area contributed by atoms with Crippen LogP contribution in [0, 0.1) is 0 Å². The number of carbonyl (C=O) groups is 1. The predicted molar refractivity (Wildman–Crippen MR) is 123 cm³/mol. The molecule has 1 heterocycles. The smallest absolute Gasteiger partial charge is 0.310 e. The van der Waals surface area contributed by atoms with Crippen molar-refractivity contribution in [2.24, 2.45) is 0 Å². The van der Waals surface area contributed by atoms with Crippen LogP contribution in [0.1, 0.15) is 51.5 Å². The highest BCUT2D eigenvalue weighted by Gasteiger charge is 2.42. The van der Waals surface area contributed by atoms with Gasteiger partial charge in [-0.3, -0.25) is 9.59 Å². The molecule has 0 unspecified atom stereocenters. The quantitative estimate of drug-likeness (QED) is 0.549. The average molecular weight is 461 g/mol. The molecule has 0 atom stereocenters. The molecule has 0 aliphatic rings. The number of hydrogen-bond donors (Lipinski definition) is 0. The lowest BCUT2D eigenvalue weighted by molar-refractivity contribution is 0.0819. The summed E-state index contributed by atoms with van der Waals surface area (Å²) in [6.45, 7) is 13.7. The lowest BCUT2D eigenvalue weighted by Gasteiger charge is -2.36. The summed E-state index contributed by atoms with van der Waals surface area (Å²) in [5, 5.41) is -0.274. The normalized spacial score (nSPS) is 12.6. The zero-order chi connectivity index (χ0) is 23.7. The van der Waals surface area contributed by atoms with Crippen LogP contribution in [-0.2, 0) is 10.0 Å². The summed E-state index contributed by atoms with van der Waals surface area (Å²) in [6.07, 6.45) is 0.706. The Morgan fingerprint density at radius 3 is 2.10 bits per heavy atom. The molecule has 0 spiro atoms. The fourth-order valence-corrected chi connectivity index (χ4v) is 4.42. The van der Waals surface area contributed by atoms with Crippen molar-refractivity contribution in [2.45, 2.75) is 59.2 Å². The molecule has 0 aliphatic carbocycles. The van der Waals surface area contributed by atoms with Gasteiger partial charge in [0.25, 0.3) is 14.2 Å². The maximum Gasteiger partial charge on any atom is 0.310 e. The third-order valence-electron chi connectivity index (χ3n) is 5.30. The largest absolute Gasteiger partial charge is 0.538 e. The molecule has 1 rings (SSSR count). The Bertz CT molecular complexity index is 949. The van der Waals surface area contributed by atoms with Crippen molar-refractivity contribution in [3.8, 4) is 5.75 Å². The topological polar surface area (TPSA) is 102 Å². The van der Waals surface area contributed by atoms with Gasteiger partial charge in [-0.05, 0) is 31.5 Å². The van der Waals surface area contributed by atoms with Crippen molar-refractivity contribution in [1.29, 1.82) is 0 Å². The molecule has 0 fully saturated rings. The summed E-state index contributed by atoms with van der Waals surface area (Å²) in [5.41, 5.74) is -1.05. The second kappa shape index (κ2) is 9.09. The Morgan fingerprint density at radius 1 is 1.17 bits per heavy atom. The van der Waals surface area contributed by atoms with E-state index in [0.717, 1.165) is 0 Å². The summed E-state index contributed by atoms with van der Waals surface area (Å²) in [7, 11) is -1.83. The summed E-state index contributed by atoms with van der Waals surface area (Å²) in [4.78, 5) is 33.6. The van der Waals surface area contributed by atoms with E-state index in [-0.39, 0.29) is 28.2 Å². The highest BCUT2D eigenvalue weighted by Crippen LogP contribution is 2.37. The lowest BCUT2D eigenvalue weighted by atomic mass is 10.2. The molecule has 0 saturated heterocycles. The molecule has 0 aliphatic heterocycles. The fourth-order valence-electron chi connectivity index (χ4n) is 2.39. The standard InChI is InChI=1S/C19H36N4O5SSi/c1-11-13-22(8)18-20-14(16(24)21(6)7)15(28-30(9,10)19(3,4)5)17(25)23(18)29(26,27)12-2/h11-13H2,1-10H3. The SMILES string of the molecule is CCCN(C)c1nc(C(=O)N(C)C)c(O[Si](C)(C)C(C)(C)C)c(=O)n1S(=O)(=O)CC. The Morgan fingerprint density at radius 2 is 1.70 bits per heavy atom. The molecule has 0 saturated carbocycles. The van der Waals surface area contributed by atoms with Crippen LogP contribution in [0.3, 0.4) is 0 Å². The lowest BCUT2D eigenvalue weighted by Crippen LogP contribution is -2.47. The van der Waals surface area contributed by atoms with Gasteiger partial charge in [-0.2, -0.15) is 3.97 Å². The molecule has 172 valence electrons. The van der Waals surface area contributed by atoms with Gasteiger partial charge in [0.1, 0.15) is 0 Å². The van der Waals surface area contributed by atoms with Gasteiger partial charge in [0.15, 0.2) is 5.69 Å². The van der Waals surface area contributed by atoms with Gasteiger partial charge in [-0.25, -0.2) is 13.4 Å². The van der Waals surface area contributed by atoms with Gasteiger partial charge < -0.3 is 14.2 Å². The number of hydrogen-bond acceptors (Lipinski definition) is 7. The van der Waals surface area contributed by atoms with Crippen molar-refractivity contribution in [3.63, 3.8) is 0 Å². The van der Waals surface area contributed by atoms with Gasteiger partial charge >= 0.3 is 5.56 Å². The van der Waals surface area contributed by atoms with E-state index in [9.17, 15) is 18.0 Å². The first kappa shape index (κ1) is 26.2. The molecule has 0 bridgehead atoms. The van der Waals surface area contributed by atoms with Crippen molar-refractivity contribution in [3.05, 3.63) is 16.0 Å². The van der Waals surface area contributed by atoms with Gasteiger partial charge in [0.2, 0.25) is 21.7 Å². The first-order valence-corrected chi connectivity index (χ1v) is 14.6. The Labute approximate surface area is 181 Å². The third-order valence-corrected chi connectivity index (χ3v) is 11.2. The average Bonchev–Trinajstić information content (AvgIpc) is 2.61. The van der Waals surface area contributed by atoms with Crippen LogP contribution >= 0.6 is 0 Å². The van der Waals surface area contributed by atoms with E-state index in [1.807, 2.05) is 40.8 Å². The number of anilines is 1. The third kappa shape index (κ3) is 5.23. The molecule has 9 nitrogen and oxygen atoms in total. The van der Waals surface area contributed by atoms with Crippen LogP contribution in [-0.4, -0.2) is 69.9 Å². The Balaban J connectivity index is 4.06. The van der Waals surface area contributed by atoms with Crippen molar-refractivity contribution < 1.29 is 17.6 Å². The van der Waals surface area contributed by atoms with E-state index < -0.39 is 29.8 Å². The molecule has 1 aromatic rings. The van der Waals surface area contributed by atoms with Gasteiger partial charge in [0.05, 0.1) is 5.75 Å². The highest BCUT2D eigenvalue weighted by molar-refractivity contribution is 7.89. The van der Waals surface area contributed by atoms with Crippen LogP contribution in [0.15, 0.2) is 4.79 Å². The van der Waals surface area contributed by atoms with Crippen molar-refractivity contribution in [1.82, 2.24) is 13.9 Å². The van der Waals surface area contributed by atoms with Crippen LogP contribution < -0.4 is 14.9 Å². The van der Waals surface area contributed by atoms with Crippen molar-refractivity contribution in [2.75, 3.05) is 38.3 Å². The van der Waals surface area contributed by atoms with E-state index >= 15 is 0 Å². The molecule has 30 heavy (non-hydrogen) atoms. The summed E-state index contributed by atoms with van der Waals surface area (Å²) >= 11 is 0. The Hall–Kier alpha value is -1.88. The maximum absolute atomic E-state index is 13.5. The van der Waals surface area contributed by atoms with Crippen molar-refractivity contribution >= 4 is 30.2 Å². The first-order valence-electron chi connectivity index (χ1n) is 10.0. The zero-order valence-electron chi connectivity index (χ0n) is 19.9. The predicted octanol–water partition coefficient (Wildman–Crippen LogP) is 2.37. The molecule has 11 heteroatoms. The first-order chi connectivity index (χ1) is 13.5. The van der Waals surface area contributed by atoms with Gasteiger partial charge in [-0.15, -0.1) is 0 Å². The molecular formula is C19H36N4O5SSi. The van der Waals surface area contributed by atoms with Crippen LogP contribution in [0.4, 0.5) is 5.95 Å². The minimum Gasteiger partial charge on any atom is -0.538 e. The fraction of sp³-hybridized carbons (Fsp3) is 0.737. The highest BCUT2D eigenvalue weighted by atomic mass is 32.2. The maximum atomic E-state index is 13.5. The second-order valence-corrected chi connectivity index (χ2v) is 15.9. The number of amides is 1. The number of aromatic nitrogens is 2. The van der Waals surface area contributed by atoms with Crippen LogP contribution in [0.2, 0.25) is 18.1 Å². The minimum absolute atomic E-state index is 0.0866.